The average molecular weight is 411 g/mol. The standard InChI is InChI=1S/C21H12F3N3O3/c22-21(23,24)16-18(15-3-1-2-8-25-15)27-30-20(16)19-14-7-5-12-9-11(10-28)4-6-13(12)17(14)26-29-19/h1-4,6,8-10H,5,7H2. The van der Waals surface area contributed by atoms with E-state index >= 15 is 0 Å². The van der Waals surface area contributed by atoms with Gasteiger partial charge in [-0.1, -0.05) is 28.5 Å². The number of halogens is 3. The molecule has 3 heterocycles. The molecule has 3 aromatic heterocycles. The first kappa shape index (κ1) is 18.3. The van der Waals surface area contributed by atoms with Crippen molar-refractivity contribution < 1.29 is 27.0 Å². The molecule has 0 N–H and O–H groups in total. The minimum atomic E-state index is -4.74. The highest BCUT2D eigenvalue weighted by atomic mass is 19.4. The van der Waals surface area contributed by atoms with Gasteiger partial charge in [0.15, 0.2) is 0 Å². The van der Waals surface area contributed by atoms with E-state index in [1.54, 1.807) is 30.3 Å². The highest BCUT2D eigenvalue weighted by molar-refractivity contribution is 5.82. The van der Waals surface area contributed by atoms with E-state index in [0.717, 1.165) is 17.4 Å². The Kier molecular flexibility index (Phi) is 4.05. The Morgan fingerprint density at radius 1 is 0.967 bits per heavy atom. The summed E-state index contributed by atoms with van der Waals surface area (Å²) in [4.78, 5) is 15.0. The Labute approximate surface area is 167 Å². The van der Waals surface area contributed by atoms with E-state index in [2.05, 4.69) is 15.3 Å². The van der Waals surface area contributed by atoms with Crippen LogP contribution in [0.4, 0.5) is 13.2 Å². The number of aryl methyl sites for hydroxylation is 1. The fraction of sp³-hybridized carbons (Fsp3) is 0.143. The molecule has 1 aromatic carbocycles. The van der Waals surface area contributed by atoms with Crippen molar-refractivity contribution in [3.05, 3.63) is 64.8 Å². The summed E-state index contributed by atoms with van der Waals surface area (Å²) in [6.45, 7) is 0. The van der Waals surface area contributed by atoms with Crippen LogP contribution < -0.4 is 0 Å². The van der Waals surface area contributed by atoms with Crippen LogP contribution in [0.2, 0.25) is 0 Å². The molecule has 150 valence electrons. The summed E-state index contributed by atoms with van der Waals surface area (Å²) in [5.41, 5.74) is 1.65. The molecule has 0 fully saturated rings. The number of aldehydes is 1. The predicted octanol–water partition coefficient (Wildman–Crippen LogP) is 4.99. The van der Waals surface area contributed by atoms with E-state index in [1.165, 1.54) is 12.3 Å². The van der Waals surface area contributed by atoms with Gasteiger partial charge in [-0.15, -0.1) is 0 Å². The zero-order valence-electron chi connectivity index (χ0n) is 15.2. The smallest absolute Gasteiger partial charge is 0.352 e. The zero-order valence-corrected chi connectivity index (χ0v) is 15.2. The number of benzene rings is 1. The van der Waals surface area contributed by atoms with E-state index in [-0.39, 0.29) is 11.5 Å². The van der Waals surface area contributed by atoms with Gasteiger partial charge in [-0.05, 0) is 36.6 Å². The molecular weight excluding hydrogens is 399 g/mol. The van der Waals surface area contributed by atoms with Crippen LogP contribution in [0.1, 0.15) is 27.0 Å². The van der Waals surface area contributed by atoms with Crippen LogP contribution in [-0.2, 0) is 19.0 Å². The molecule has 0 atom stereocenters. The van der Waals surface area contributed by atoms with Gasteiger partial charge < -0.3 is 9.05 Å². The molecule has 0 saturated heterocycles. The molecule has 9 heteroatoms. The van der Waals surface area contributed by atoms with Crippen molar-refractivity contribution in [2.45, 2.75) is 19.0 Å². The topological polar surface area (TPSA) is 82.0 Å². The normalized spacial score (nSPS) is 13.0. The van der Waals surface area contributed by atoms with E-state index in [9.17, 15) is 18.0 Å². The molecule has 0 amide bonds. The summed E-state index contributed by atoms with van der Waals surface area (Å²) in [7, 11) is 0. The Hall–Kier alpha value is -3.75. The number of pyridine rings is 1. The minimum absolute atomic E-state index is 0.0416. The number of fused-ring (bicyclic) bond motifs is 3. The second kappa shape index (κ2) is 6.65. The number of aromatic nitrogens is 3. The van der Waals surface area contributed by atoms with Crippen LogP contribution in [0.5, 0.6) is 0 Å². The highest BCUT2D eigenvalue weighted by Gasteiger charge is 2.43. The molecule has 0 radical (unpaired) electrons. The van der Waals surface area contributed by atoms with Gasteiger partial charge in [-0.3, -0.25) is 9.78 Å². The van der Waals surface area contributed by atoms with Crippen molar-refractivity contribution in [1.29, 1.82) is 0 Å². The van der Waals surface area contributed by atoms with Crippen LogP contribution in [0.25, 0.3) is 34.2 Å². The van der Waals surface area contributed by atoms with E-state index < -0.39 is 23.2 Å². The summed E-state index contributed by atoms with van der Waals surface area (Å²) >= 11 is 0. The van der Waals surface area contributed by atoms with E-state index in [0.29, 0.717) is 29.7 Å². The summed E-state index contributed by atoms with van der Waals surface area (Å²) in [5.74, 6) is -0.623. The number of nitrogens with zero attached hydrogens (tertiary/aromatic N) is 3. The molecule has 0 aliphatic heterocycles. The van der Waals surface area contributed by atoms with Crippen molar-refractivity contribution in [3.63, 3.8) is 0 Å². The molecule has 0 spiro atoms. The molecule has 6 nitrogen and oxygen atoms in total. The largest absolute Gasteiger partial charge is 0.422 e. The maximum absolute atomic E-state index is 14.0. The number of carbonyl (C=O) groups is 1. The maximum Gasteiger partial charge on any atom is 0.422 e. The van der Waals surface area contributed by atoms with Gasteiger partial charge in [0, 0.05) is 22.9 Å². The van der Waals surface area contributed by atoms with Gasteiger partial charge in [-0.25, -0.2) is 0 Å². The van der Waals surface area contributed by atoms with Crippen LogP contribution in [0.3, 0.4) is 0 Å². The number of carbonyl (C=O) groups excluding carboxylic acids is 1. The number of rotatable bonds is 3. The Morgan fingerprint density at radius 2 is 1.77 bits per heavy atom. The van der Waals surface area contributed by atoms with Gasteiger partial charge in [0.05, 0.1) is 5.69 Å². The zero-order chi connectivity index (χ0) is 20.9. The lowest BCUT2D eigenvalue weighted by Gasteiger charge is -2.15. The summed E-state index contributed by atoms with van der Waals surface area (Å²) in [5, 5.41) is 7.64. The number of hydrogen-bond donors (Lipinski definition) is 0. The molecule has 1 aliphatic carbocycles. The van der Waals surface area contributed by atoms with Crippen molar-refractivity contribution in [1.82, 2.24) is 15.3 Å². The van der Waals surface area contributed by atoms with Gasteiger partial charge >= 0.3 is 6.18 Å². The van der Waals surface area contributed by atoms with Crippen LogP contribution >= 0.6 is 0 Å². The molecule has 1 aliphatic rings. The first-order valence-corrected chi connectivity index (χ1v) is 9.03. The number of hydrogen-bond acceptors (Lipinski definition) is 6. The lowest BCUT2D eigenvalue weighted by atomic mass is 9.87. The SMILES string of the molecule is O=Cc1ccc2c(c1)CCc1c-2noc1-c1onc(-c2ccccn2)c1C(F)(F)F. The molecule has 0 unspecified atom stereocenters. The molecule has 0 bridgehead atoms. The third kappa shape index (κ3) is 2.81. The summed E-state index contributed by atoms with van der Waals surface area (Å²) < 4.78 is 52.3. The van der Waals surface area contributed by atoms with Crippen molar-refractivity contribution in [2.75, 3.05) is 0 Å². The third-order valence-electron chi connectivity index (χ3n) is 5.04. The van der Waals surface area contributed by atoms with Crippen LogP contribution in [-0.4, -0.2) is 21.6 Å². The van der Waals surface area contributed by atoms with Crippen LogP contribution in [0, 0.1) is 0 Å². The van der Waals surface area contributed by atoms with E-state index in [1.807, 2.05) is 0 Å². The first-order chi connectivity index (χ1) is 14.5. The minimum Gasteiger partial charge on any atom is -0.352 e. The second-order valence-corrected chi connectivity index (χ2v) is 6.82. The second-order valence-electron chi connectivity index (χ2n) is 6.82. The molecule has 0 saturated carbocycles. The highest BCUT2D eigenvalue weighted by Crippen LogP contribution is 2.46. The van der Waals surface area contributed by atoms with Crippen molar-refractivity contribution in [2.24, 2.45) is 0 Å². The van der Waals surface area contributed by atoms with Gasteiger partial charge in [0.1, 0.15) is 23.2 Å². The Bertz CT molecular complexity index is 1260. The predicted molar refractivity (Wildman–Crippen MR) is 98.5 cm³/mol. The maximum atomic E-state index is 14.0. The van der Waals surface area contributed by atoms with Gasteiger partial charge in [0.25, 0.3) is 0 Å². The first-order valence-electron chi connectivity index (χ1n) is 9.03. The summed E-state index contributed by atoms with van der Waals surface area (Å²) in [6.07, 6.45) is -1.70. The third-order valence-corrected chi connectivity index (χ3v) is 5.04. The Balaban J connectivity index is 1.68. The molecule has 4 aromatic rings. The van der Waals surface area contributed by atoms with Gasteiger partial charge in [0.2, 0.25) is 11.5 Å². The van der Waals surface area contributed by atoms with Gasteiger partial charge in [-0.2, -0.15) is 13.2 Å². The lowest BCUT2D eigenvalue weighted by Crippen LogP contribution is -2.09. The Morgan fingerprint density at radius 3 is 2.50 bits per heavy atom. The van der Waals surface area contributed by atoms with Crippen LogP contribution in [0.15, 0.2) is 51.6 Å². The number of alkyl halides is 3. The monoisotopic (exact) mass is 411 g/mol. The fourth-order valence-corrected chi connectivity index (χ4v) is 3.70. The molecular formula is C21H12F3N3O3. The van der Waals surface area contributed by atoms with Crippen molar-refractivity contribution in [3.8, 4) is 34.2 Å². The van der Waals surface area contributed by atoms with E-state index in [4.69, 9.17) is 9.05 Å². The molecule has 5 rings (SSSR count). The lowest BCUT2D eigenvalue weighted by molar-refractivity contribution is -0.136. The fourth-order valence-electron chi connectivity index (χ4n) is 3.70. The summed E-state index contributed by atoms with van der Waals surface area (Å²) in [6, 6.07) is 9.68. The van der Waals surface area contributed by atoms with Crippen molar-refractivity contribution >= 4 is 6.29 Å². The average Bonchev–Trinajstić information content (AvgIpc) is 3.38. The quantitative estimate of drug-likeness (QED) is 0.442. The molecule has 30 heavy (non-hydrogen) atoms.